The van der Waals surface area contributed by atoms with Crippen LogP contribution >= 0.6 is 11.3 Å². The summed E-state index contributed by atoms with van der Waals surface area (Å²) in [4.78, 5) is 27.8. The van der Waals surface area contributed by atoms with Gasteiger partial charge in [0.1, 0.15) is 10.6 Å². The maximum atomic E-state index is 13.8. The number of hydrogen-bond donors (Lipinski definition) is 2. The molecular formula is C26H24FN3O2S. The number of para-hydroxylation sites is 1. The van der Waals surface area contributed by atoms with Gasteiger partial charge in [-0.3, -0.25) is 14.2 Å². The normalized spacial score (nSPS) is 14.5. The maximum Gasteiger partial charge on any atom is 0.256 e. The van der Waals surface area contributed by atoms with Gasteiger partial charge in [0, 0.05) is 23.1 Å². The summed E-state index contributed by atoms with van der Waals surface area (Å²) in [6.45, 7) is 3.34. The summed E-state index contributed by atoms with van der Waals surface area (Å²) in [6, 6.07) is 17.5. The maximum absolute atomic E-state index is 13.8. The molecule has 1 fully saturated rings. The molecule has 0 spiro atoms. The summed E-state index contributed by atoms with van der Waals surface area (Å²) in [6.07, 6.45) is 1.57. The molecular weight excluding hydrogens is 437 g/mol. The van der Waals surface area contributed by atoms with Crippen LogP contribution in [0.1, 0.15) is 28.1 Å². The van der Waals surface area contributed by atoms with Gasteiger partial charge in [0.2, 0.25) is 0 Å². The molecule has 5 rings (SSSR count). The Morgan fingerprint density at radius 1 is 1.09 bits per heavy atom. The molecule has 0 amide bonds. The molecule has 0 saturated carbocycles. The molecule has 33 heavy (non-hydrogen) atoms. The van der Waals surface area contributed by atoms with Crippen LogP contribution in [0.2, 0.25) is 0 Å². The van der Waals surface area contributed by atoms with Crippen molar-refractivity contribution in [3.05, 3.63) is 87.3 Å². The van der Waals surface area contributed by atoms with Gasteiger partial charge in [-0.05, 0) is 74.8 Å². The first-order valence-corrected chi connectivity index (χ1v) is 11.9. The molecule has 2 N–H and O–H groups in total. The van der Waals surface area contributed by atoms with Crippen LogP contribution in [0.5, 0.6) is 0 Å². The minimum atomic E-state index is -0.278. The standard InChI is InChI=1S/C26H24FN3O2S/c1-16-15-18(7-9-21(16)27)29-23-20-8-10-22(31)30(19-5-3-2-4-6-19)26(20)33-25(23)24(32)17-11-13-28-14-12-17/h2-10,15,17,28-29H,11-14H2,1H3. The highest BCUT2D eigenvalue weighted by Crippen LogP contribution is 2.40. The molecule has 0 radical (unpaired) electrons. The van der Waals surface area contributed by atoms with E-state index in [1.54, 1.807) is 29.7 Å². The Morgan fingerprint density at radius 2 is 1.85 bits per heavy atom. The molecule has 2 aromatic carbocycles. The van der Waals surface area contributed by atoms with E-state index in [-0.39, 0.29) is 23.1 Å². The summed E-state index contributed by atoms with van der Waals surface area (Å²) < 4.78 is 15.5. The Balaban J connectivity index is 1.70. The van der Waals surface area contributed by atoms with E-state index < -0.39 is 0 Å². The number of carbonyl (C=O) groups is 1. The van der Waals surface area contributed by atoms with E-state index in [0.29, 0.717) is 26.6 Å². The molecule has 1 saturated heterocycles. The van der Waals surface area contributed by atoms with Gasteiger partial charge < -0.3 is 10.6 Å². The van der Waals surface area contributed by atoms with Crippen LogP contribution in [0.15, 0.2) is 65.5 Å². The molecule has 0 atom stereocenters. The summed E-state index contributed by atoms with van der Waals surface area (Å²) in [7, 11) is 0. The number of halogens is 1. The van der Waals surface area contributed by atoms with Crippen molar-refractivity contribution in [2.45, 2.75) is 19.8 Å². The molecule has 4 aromatic rings. The SMILES string of the molecule is Cc1cc(Nc2c(C(=O)C3CCNCC3)sc3c2ccc(=O)n3-c2ccccc2)ccc1F. The molecule has 1 aliphatic rings. The molecule has 5 nitrogen and oxygen atoms in total. The van der Waals surface area contributed by atoms with Gasteiger partial charge in [0.15, 0.2) is 5.78 Å². The number of piperidine rings is 1. The number of nitrogens with zero attached hydrogens (tertiary/aromatic N) is 1. The molecule has 0 aliphatic carbocycles. The zero-order chi connectivity index (χ0) is 22.9. The monoisotopic (exact) mass is 461 g/mol. The number of anilines is 2. The van der Waals surface area contributed by atoms with Crippen molar-refractivity contribution < 1.29 is 9.18 Å². The zero-order valence-corrected chi connectivity index (χ0v) is 19.0. The third-order valence-corrected chi connectivity index (χ3v) is 7.32. The lowest BCUT2D eigenvalue weighted by atomic mass is 9.92. The fraction of sp³-hybridized carbons (Fsp3) is 0.231. The van der Waals surface area contributed by atoms with Crippen molar-refractivity contribution >= 4 is 38.7 Å². The molecule has 168 valence electrons. The number of carbonyl (C=O) groups excluding carboxylic acids is 1. The summed E-state index contributed by atoms with van der Waals surface area (Å²) in [5.74, 6) is -0.252. The summed E-state index contributed by atoms with van der Waals surface area (Å²) in [5.41, 5.74) is 2.49. The number of nitrogens with one attached hydrogen (secondary N) is 2. The fourth-order valence-corrected chi connectivity index (χ4v) is 5.63. The second kappa shape index (κ2) is 8.92. The van der Waals surface area contributed by atoms with Gasteiger partial charge >= 0.3 is 0 Å². The molecule has 1 aliphatic heterocycles. The third-order valence-electron chi connectivity index (χ3n) is 6.12. The van der Waals surface area contributed by atoms with Gasteiger partial charge in [-0.1, -0.05) is 18.2 Å². The summed E-state index contributed by atoms with van der Waals surface area (Å²) >= 11 is 1.34. The van der Waals surface area contributed by atoms with Crippen molar-refractivity contribution in [3.63, 3.8) is 0 Å². The van der Waals surface area contributed by atoms with Gasteiger partial charge in [0.25, 0.3) is 5.56 Å². The first kappa shape index (κ1) is 21.6. The van der Waals surface area contributed by atoms with Gasteiger partial charge in [-0.15, -0.1) is 11.3 Å². The van der Waals surface area contributed by atoms with E-state index in [9.17, 15) is 14.0 Å². The predicted octanol–water partition coefficient (Wildman–Crippen LogP) is 5.43. The fourth-order valence-electron chi connectivity index (χ4n) is 4.34. The highest BCUT2D eigenvalue weighted by atomic mass is 32.1. The second-order valence-electron chi connectivity index (χ2n) is 8.35. The lowest BCUT2D eigenvalue weighted by Crippen LogP contribution is -2.31. The highest BCUT2D eigenvalue weighted by molar-refractivity contribution is 7.21. The van der Waals surface area contributed by atoms with E-state index >= 15 is 0 Å². The van der Waals surface area contributed by atoms with Crippen LogP contribution in [0.25, 0.3) is 15.9 Å². The molecule has 0 unspecified atom stereocenters. The van der Waals surface area contributed by atoms with Gasteiger partial charge in [0.05, 0.1) is 16.3 Å². The first-order valence-electron chi connectivity index (χ1n) is 11.0. The minimum absolute atomic E-state index is 0.0632. The van der Waals surface area contributed by atoms with Crippen LogP contribution < -0.4 is 16.2 Å². The van der Waals surface area contributed by atoms with Crippen LogP contribution in [-0.2, 0) is 0 Å². The minimum Gasteiger partial charge on any atom is -0.354 e. The number of hydrogen-bond acceptors (Lipinski definition) is 5. The molecule has 7 heteroatoms. The van der Waals surface area contributed by atoms with Crippen LogP contribution in [0, 0.1) is 18.7 Å². The van der Waals surface area contributed by atoms with Gasteiger partial charge in [-0.25, -0.2) is 4.39 Å². The number of fused-ring (bicyclic) bond motifs is 1. The lowest BCUT2D eigenvalue weighted by Gasteiger charge is -2.21. The number of aryl methyl sites for hydroxylation is 1. The van der Waals surface area contributed by atoms with Crippen molar-refractivity contribution in [3.8, 4) is 5.69 Å². The number of Topliss-reactive ketones (excluding diaryl/α,β-unsaturated/α-hetero) is 1. The Morgan fingerprint density at radius 3 is 2.58 bits per heavy atom. The lowest BCUT2D eigenvalue weighted by molar-refractivity contribution is 0.0900. The van der Waals surface area contributed by atoms with E-state index in [1.807, 2.05) is 30.3 Å². The van der Waals surface area contributed by atoms with E-state index in [2.05, 4.69) is 10.6 Å². The first-order chi connectivity index (χ1) is 16.0. The average Bonchev–Trinajstić information content (AvgIpc) is 3.20. The molecule has 2 aromatic heterocycles. The number of thiophene rings is 1. The third kappa shape index (κ3) is 4.10. The molecule has 0 bridgehead atoms. The van der Waals surface area contributed by atoms with E-state index in [0.717, 1.165) is 37.0 Å². The Hall–Kier alpha value is -3.29. The highest BCUT2D eigenvalue weighted by Gasteiger charge is 2.28. The van der Waals surface area contributed by atoms with Crippen LogP contribution in [0.3, 0.4) is 0 Å². The van der Waals surface area contributed by atoms with Crippen molar-refractivity contribution in [1.82, 2.24) is 9.88 Å². The van der Waals surface area contributed by atoms with Crippen molar-refractivity contribution in [2.24, 2.45) is 5.92 Å². The van der Waals surface area contributed by atoms with E-state index in [1.165, 1.54) is 23.5 Å². The summed E-state index contributed by atoms with van der Waals surface area (Å²) in [5, 5.41) is 7.47. The zero-order valence-electron chi connectivity index (χ0n) is 18.2. The smallest absolute Gasteiger partial charge is 0.256 e. The Kier molecular flexibility index (Phi) is 5.83. The Bertz CT molecular complexity index is 1390. The van der Waals surface area contributed by atoms with Crippen molar-refractivity contribution in [1.29, 1.82) is 0 Å². The molecule has 3 heterocycles. The van der Waals surface area contributed by atoms with Crippen LogP contribution in [0.4, 0.5) is 15.8 Å². The number of benzene rings is 2. The average molecular weight is 462 g/mol. The number of pyridine rings is 1. The number of ketones is 1. The number of aromatic nitrogens is 1. The van der Waals surface area contributed by atoms with Gasteiger partial charge in [-0.2, -0.15) is 0 Å². The largest absolute Gasteiger partial charge is 0.354 e. The van der Waals surface area contributed by atoms with E-state index in [4.69, 9.17) is 0 Å². The predicted molar refractivity (Wildman–Crippen MR) is 132 cm³/mol. The second-order valence-corrected chi connectivity index (χ2v) is 9.34. The number of rotatable bonds is 5. The topological polar surface area (TPSA) is 63.1 Å². The Labute approximate surface area is 194 Å². The van der Waals surface area contributed by atoms with Crippen LogP contribution in [-0.4, -0.2) is 23.4 Å². The quantitative estimate of drug-likeness (QED) is 0.389. The van der Waals surface area contributed by atoms with Crippen molar-refractivity contribution in [2.75, 3.05) is 18.4 Å².